The molecule has 1 unspecified atom stereocenters. The van der Waals surface area contributed by atoms with E-state index in [1.807, 2.05) is 6.07 Å². The molecule has 1 aromatic rings. The van der Waals surface area contributed by atoms with Crippen LogP contribution in [0.2, 0.25) is 0 Å². The Labute approximate surface area is 118 Å². The Morgan fingerprint density at radius 3 is 2.30 bits per heavy atom. The molecule has 0 aliphatic heterocycles. The molecule has 0 aliphatic rings. The molecule has 0 heterocycles. The largest absolute Gasteiger partial charge is 0.465 e. The highest BCUT2D eigenvalue weighted by Gasteiger charge is 2.23. The van der Waals surface area contributed by atoms with Gasteiger partial charge in [0.25, 0.3) is 0 Å². The average molecular weight is 296 g/mol. The summed E-state index contributed by atoms with van der Waals surface area (Å²) in [4.78, 5) is 11.7. The highest BCUT2D eigenvalue weighted by molar-refractivity contribution is 7.89. The molecule has 0 fully saturated rings. The van der Waals surface area contributed by atoms with Gasteiger partial charge in [-0.15, -0.1) is 0 Å². The summed E-state index contributed by atoms with van der Waals surface area (Å²) in [5, 5.41) is 9.02. The van der Waals surface area contributed by atoms with Crippen molar-refractivity contribution in [3.8, 4) is 6.07 Å². The number of hydrogen-bond donors (Lipinski definition) is 0. The van der Waals surface area contributed by atoms with Gasteiger partial charge in [-0.2, -0.15) is 5.26 Å². The Balaban J connectivity index is 3.08. The molecule has 6 nitrogen and oxygen atoms in total. The summed E-state index contributed by atoms with van der Waals surface area (Å²) in [5.74, 6) is -1.69. The van der Waals surface area contributed by atoms with Crippen LogP contribution in [0.15, 0.2) is 29.2 Å². The number of carbonyl (C=O) groups excluding carboxylic acids is 1. The number of carbonyl (C=O) groups is 1. The normalized spacial score (nSPS) is 12.8. The standard InChI is InChI=1S/C13H16N2O4S/c1-4-19-13(16)12(9-14)10-5-7-11(8-6-10)20(17,18)15(2)3/h5-8,12H,4H2,1-3H3. The molecule has 0 N–H and O–H groups in total. The zero-order valence-corrected chi connectivity index (χ0v) is 12.3. The van der Waals surface area contributed by atoms with Gasteiger partial charge in [-0.1, -0.05) is 12.1 Å². The minimum atomic E-state index is -3.52. The van der Waals surface area contributed by atoms with Gasteiger partial charge in [0.1, 0.15) is 0 Å². The van der Waals surface area contributed by atoms with E-state index >= 15 is 0 Å². The number of hydrogen-bond acceptors (Lipinski definition) is 5. The molecule has 0 spiro atoms. The van der Waals surface area contributed by atoms with Crippen molar-refractivity contribution in [2.45, 2.75) is 17.7 Å². The summed E-state index contributed by atoms with van der Waals surface area (Å²) >= 11 is 0. The van der Waals surface area contributed by atoms with Crippen LogP contribution in [0.25, 0.3) is 0 Å². The van der Waals surface area contributed by atoms with E-state index in [2.05, 4.69) is 0 Å². The van der Waals surface area contributed by atoms with E-state index in [0.29, 0.717) is 5.56 Å². The third-order valence-corrected chi connectivity index (χ3v) is 4.47. The van der Waals surface area contributed by atoms with Crippen LogP contribution in [0.4, 0.5) is 0 Å². The second-order valence-corrected chi connectivity index (χ2v) is 6.32. The first-order valence-corrected chi connectivity index (χ1v) is 7.37. The van der Waals surface area contributed by atoms with Crippen LogP contribution >= 0.6 is 0 Å². The monoisotopic (exact) mass is 296 g/mol. The number of rotatable bonds is 5. The highest BCUT2D eigenvalue weighted by atomic mass is 32.2. The van der Waals surface area contributed by atoms with Crippen LogP contribution in [0.3, 0.4) is 0 Å². The Hall–Kier alpha value is -1.91. The minimum absolute atomic E-state index is 0.104. The van der Waals surface area contributed by atoms with Crippen molar-refractivity contribution in [3.63, 3.8) is 0 Å². The molecule has 0 saturated carbocycles. The van der Waals surface area contributed by atoms with Crippen LogP contribution in [0, 0.1) is 11.3 Å². The summed E-state index contributed by atoms with van der Waals surface area (Å²) in [6, 6.07) is 7.48. The molecule has 1 atom stereocenters. The molecule has 0 aromatic heterocycles. The maximum atomic E-state index is 11.9. The van der Waals surface area contributed by atoms with Gasteiger partial charge >= 0.3 is 5.97 Å². The predicted octanol–water partition coefficient (Wildman–Crippen LogP) is 1.11. The zero-order valence-electron chi connectivity index (χ0n) is 11.5. The Morgan fingerprint density at radius 1 is 1.35 bits per heavy atom. The van der Waals surface area contributed by atoms with Gasteiger partial charge in [0.2, 0.25) is 10.0 Å². The molecule has 108 valence electrons. The van der Waals surface area contributed by atoms with E-state index in [0.717, 1.165) is 4.31 Å². The number of benzene rings is 1. The molecule has 7 heteroatoms. The van der Waals surface area contributed by atoms with Crippen molar-refractivity contribution in [2.24, 2.45) is 0 Å². The number of sulfonamides is 1. The molecule has 0 amide bonds. The number of nitrogens with zero attached hydrogens (tertiary/aromatic N) is 2. The van der Waals surface area contributed by atoms with Crippen LogP contribution in [-0.4, -0.2) is 39.4 Å². The molecule has 1 rings (SSSR count). The van der Waals surface area contributed by atoms with E-state index in [9.17, 15) is 13.2 Å². The second kappa shape index (κ2) is 6.50. The summed E-state index contributed by atoms with van der Waals surface area (Å²) in [6.07, 6.45) is 0. The lowest BCUT2D eigenvalue weighted by molar-refractivity contribution is -0.143. The first-order valence-electron chi connectivity index (χ1n) is 5.93. The SMILES string of the molecule is CCOC(=O)C(C#N)c1ccc(S(=O)(=O)N(C)C)cc1. The maximum absolute atomic E-state index is 11.9. The quantitative estimate of drug-likeness (QED) is 0.759. The smallest absolute Gasteiger partial charge is 0.327 e. The van der Waals surface area contributed by atoms with Crippen molar-refractivity contribution < 1.29 is 17.9 Å². The summed E-state index contributed by atoms with van der Waals surface area (Å²) in [6.45, 7) is 1.84. The topological polar surface area (TPSA) is 87.5 Å². The minimum Gasteiger partial charge on any atom is -0.465 e. The lowest BCUT2D eigenvalue weighted by atomic mass is 10.0. The van der Waals surface area contributed by atoms with Crippen LogP contribution in [0.1, 0.15) is 18.4 Å². The number of esters is 1. The maximum Gasteiger partial charge on any atom is 0.327 e. The van der Waals surface area contributed by atoms with Crippen molar-refractivity contribution in [2.75, 3.05) is 20.7 Å². The van der Waals surface area contributed by atoms with Gasteiger partial charge in [-0.3, -0.25) is 4.79 Å². The predicted molar refractivity (Wildman–Crippen MR) is 72.3 cm³/mol. The lowest BCUT2D eigenvalue weighted by Gasteiger charge is -2.13. The highest BCUT2D eigenvalue weighted by Crippen LogP contribution is 2.20. The van der Waals surface area contributed by atoms with Crippen molar-refractivity contribution in [1.29, 1.82) is 5.26 Å². The van der Waals surface area contributed by atoms with Gasteiger partial charge in [0.15, 0.2) is 5.92 Å². The average Bonchev–Trinajstić information content (AvgIpc) is 2.40. The lowest BCUT2D eigenvalue weighted by Crippen LogP contribution is -2.22. The molecular weight excluding hydrogens is 280 g/mol. The Morgan fingerprint density at radius 2 is 1.90 bits per heavy atom. The third-order valence-electron chi connectivity index (χ3n) is 2.64. The molecule has 0 saturated heterocycles. The number of nitriles is 1. The third kappa shape index (κ3) is 3.35. The van der Waals surface area contributed by atoms with E-state index < -0.39 is 21.9 Å². The first-order chi connectivity index (χ1) is 9.34. The molecule has 0 bridgehead atoms. The van der Waals surface area contributed by atoms with Crippen LogP contribution in [-0.2, 0) is 19.6 Å². The van der Waals surface area contributed by atoms with E-state index in [1.165, 1.54) is 38.4 Å². The molecular formula is C13H16N2O4S. The number of ether oxygens (including phenoxy) is 1. The summed E-state index contributed by atoms with van der Waals surface area (Å²) < 4.78 is 29.7. The van der Waals surface area contributed by atoms with Gasteiger partial charge in [0.05, 0.1) is 17.6 Å². The van der Waals surface area contributed by atoms with E-state index in [-0.39, 0.29) is 11.5 Å². The van der Waals surface area contributed by atoms with Crippen LogP contribution in [0.5, 0.6) is 0 Å². The van der Waals surface area contributed by atoms with Crippen LogP contribution < -0.4 is 0 Å². The molecule has 0 radical (unpaired) electrons. The van der Waals surface area contributed by atoms with Gasteiger partial charge in [0, 0.05) is 14.1 Å². The van der Waals surface area contributed by atoms with E-state index in [1.54, 1.807) is 6.92 Å². The van der Waals surface area contributed by atoms with Crippen molar-refractivity contribution >= 4 is 16.0 Å². The fourth-order valence-corrected chi connectivity index (χ4v) is 2.43. The molecule has 1 aromatic carbocycles. The molecule has 20 heavy (non-hydrogen) atoms. The van der Waals surface area contributed by atoms with Gasteiger partial charge in [-0.25, -0.2) is 12.7 Å². The summed E-state index contributed by atoms with van der Waals surface area (Å²) in [7, 11) is -0.661. The van der Waals surface area contributed by atoms with Gasteiger partial charge in [-0.05, 0) is 24.6 Å². The van der Waals surface area contributed by atoms with E-state index in [4.69, 9.17) is 10.00 Å². The molecule has 0 aliphatic carbocycles. The fourth-order valence-electron chi connectivity index (χ4n) is 1.53. The van der Waals surface area contributed by atoms with Gasteiger partial charge < -0.3 is 4.74 Å². The fraction of sp³-hybridized carbons (Fsp3) is 0.385. The Bertz CT molecular complexity index is 615. The first kappa shape index (κ1) is 16.1. The Kier molecular flexibility index (Phi) is 5.25. The van der Waals surface area contributed by atoms with Crippen molar-refractivity contribution in [3.05, 3.63) is 29.8 Å². The second-order valence-electron chi connectivity index (χ2n) is 4.17. The van der Waals surface area contributed by atoms with Crippen molar-refractivity contribution in [1.82, 2.24) is 4.31 Å². The summed E-state index contributed by atoms with van der Waals surface area (Å²) in [5.41, 5.74) is 0.406. The zero-order chi connectivity index (χ0) is 15.3.